The number of esters is 1. The van der Waals surface area contributed by atoms with Crippen LogP contribution in [0.4, 0.5) is 0 Å². The van der Waals surface area contributed by atoms with Crippen molar-refractivity contribution < 1.29 is 14.1 Å². The fourth-order valence-corrected chi connectivity index (χ4v) is 5.88. The van der Waals surface area contributed by atoms with Crippen LogP contribution in [0, 0.1) is 17.3 Å². The number of hydrogen-bond acceptors (Lipinski definition) is 6. The lowest BCUT2D eigenvalue weighted by molar-refractivity contribution is -0.194. The molecule has 8 heteroatoms. The SMILES string of the molecule is CCCCCC(C)C(=O)OC1NCC12CC(/C=C/c1c(-c3c(Cl)cncc3Cl)noc1C1CC1)C2. The molecule has 2 aromatic heterocycles. The second-order valence-corrected chi connectivity index (χ2v) is 11.4. The van der Waals surface area contributed by atoms with E-state index in [4.69, 9.17) is 32.5 Å². The summed E-state index contributed by atoms with van der Waals surface area (Å²) in [6, 6.07) is 0. The van der Waals surface area contributed by atoms with Crippen molar-refractivity contribution in [1.82, 2.24) is 15.5 Å². The number of pyridine rings is 1. The molecule has 0 bridgehead atoms. The topological polar surface area (TPSA) is 77.2 Å². The molecule has 5 rings (SSSR count). The molecule has 0 amide bonds. The van der Waals surface area contributed by atoms with Gasteiger partial charge in [-0.1, -0.05) is 73.6 Å². The fourth-order valence-electron chi connectivity index (χ4n) is 5.33. The number of halogens is 2. The van der Waals surface area contributed by atoms with E-state index in [-0.39, 0.29) is 23.5 Å². The van der Waals surface area contributed by atoms with Crippen molar-refractivity contribution >= 4 is 35.2 Å². The summed E-state index contributed by atoms with van der Waals surface area (Å²) in [5, 5.41) is 8.59. The molecule has 0 radical (unpaired) electrons. The highest BCUT2D eigenvalue weighted by Crippen LogP contribution is 2.53. The Morgan fingerprint density at radius 1 is 1.29 bits per heavy atom. The number of nitrogens with one attached hydrogen (secondary N) is 1. The third-order valence-corrected chi connectivity index (χ3v) is 8.31. The van der Waals surface area contributed by atoms with E-state index in [9.17, 15) is 4.79 Å². The summed E-state index contributed by atoms with van der Waals surface area (Å²) in [6.07, 6.45) is 15.8. The first kappa shape index (κ1) is 24.8. The smallest absolute Gasteiger partial charge is 0.310 e. The Balaban J connectivity index is 1.23. The number of carbonyl (C=O) groups excluding carboxylic acids is 1. The average molecular weight is 518 g/mol. The Kier molecular flexibility index (Phi) is 7.25. The van der Waals surface area contributed by atoms with Crippen molar-refractivity contribution in [3.8, 4) is 11.3 Å². The van der Waals surface area contributed by atoms with Gasteiger partial charge in [0.25, 0.3) is 0 Å². The van der Waals surface area contributed by atoms with E-state index >= 15 is 0 Å². The summed E-state index contributed by atoms with van der Waals surface area (Å²) < 4.78 is 11.6. The van der Waals surface area contributed by atoms with Crippen LogP contribution >= 0.6 is 23.2 Å². The van der Waals surface area contributed by atoms with E-state index in [1.54, 1.807) is 12.4 Å². The monoisotopic (exact) mass is 517 g/mol. The van der Waals surface area contributed by atoms with Gasteiger partial charge in [0.2, 0.25) is 0 Å². The Hall–Kier alpha value is -1.89. The van der Waals surface area contributed by atoms with E-state index in [2.05, 4.69) is 34.5 Å². The second-order valence-electron chi connectivity index (χ2n) is 10.5. The molecule has 2 saturated carbocycles. The standard InChI is InChI=1S/C27H33Cl2N3O3/c1-3-4-5-6-16(2)25(33)34-26-27(15-31-26)11-17(12-27)7-10-19-23(32-35-24(19)18-8-9-18)22-20(28)13-30-14-21(22)29/h7,10,13-14,16-18,26,31H,3-6,8-9,11-12,15H2,1-2H3/b10-7+. The zero-order valence-electron chi connectivity index (χ0n) is 20.4. The van der Waals surface area contributed by atoms with Crippen LogP contribution in [0.2, 0.25) is 10.0 Å². The molecule has 2 atom stereocenters. The van der Waals surface area contributed by atoms with Crippen LogP contribution in [0.3, 0.4) is 0 Å². The first-order valence-corrected chi connectivity index (χ1v) is 13.6. The molecule has 0 aromatic carbocycles. The molecule has 1 N–H and O–H groups in total. The molecular weight excluding hydrogens is 485 g/mol. The molecule has 6 nitrogen and oxygen atoms in total. The predicted octanol–water partition coefficient (Wildman–Crippen LogP) is 7.02. The minimum atomic E-state index is -0.170. The van der Waals surface area contributed by atoms with Gasteiger partial charge < -0.3 is 9.26 Å². The molecule has 3 heterocycles. The van der Waals surface area contributed by atoms with Gasteiger partial charge in [-0.15, -0.1) is 0 Å². The maximum absolute atomic E-state index is 12.5. The molecule has 1 aliphatic heterocycles. The normalized spacial score (nSPS) is 26.5. The lowest BCUT2D eigenvalue weighted by Crippen LogP contribution is -2.69. The number of nitrogens with zero attached hydrogens (tertiary/aromatic N) is 2. The number of ether oxygens (including phenoxy) is 1. The fraction of sp³-hybridized carbons (Fsp3) is 0.593. The van der Waals surface area contributed by atoms with Crippen LogP contribution in [0.15, 0.2) is 23.0 Å². The summed E-state index contributed by atoms with van der Waals surface area (Å²) in [5.41, 5.74) is 2.34. The van der Waals surface area contributed by atoms with Crippen molar-refractivity contribution in [1.29, 1.82) is 0 Å². The van der Waals surface area contributed by atoms with Gasteiger partial charge in [-0.2, -0.15) is 0 Å². The van der Waals surface area contributed by atoms with Gasteiger partial charge in [-0.25, -0.2) is 0 Å². The van der Waals surface area contributed by atoms with E-state index in [1.807, 2.05) is 6.92 Å². The highest BCUT2D eigenvalue weighted by molar-refractivity contribution is 6.39. The highest BCUT2D eigenvalue weighted by atomic mass is 35.5. The first-order chi connectivity index (χ1) is 16.9. The van der Waals surface area contributed by atoms with Gasteiger partial charge in [-0.3, -0.25) is 15.1 Å². The maximum atomic E-state index is 12.5. The zero-order chi connectivity index (χ0) is 24.6. The molecule has 3 fully saturated rings. The minimum Gasteiger partial charge on any atom is -0.446 e. The molecule has 1 spiro atoms. The molecule has 188 valence electrons. The summed E-state index contributed by atoms with van der Waals surface area (Å²) in [6.45, 7) is 5.05. The average Bonchev–Trinajstić information content (AvgIpc) is 3.56. The molecule has 3 aliphatic rings. The van der Waals surface area contributed by atoms with Crippen LogP contribution < -0.4 is 5.32 Å². The van der Waals surface area contributed by atoms with E-state index in [1.165, 1.54) is 0 Å². The zero-order valence-corrected chi connectivity index (χ0v) is 21.9. The van der Waals surface area contributed by atoms with E-state index < -0.39 is 0 Å². The minimum absolute atomic E-state index is 0.0449. The lowest BCUT2D eigenvalue weighted by Gasteiger charge is -2.58. The molecular formula is C27H33Cl2N3O3. The van der Waals surface area contributed by atoms with Crippen molar-refractivity contribution in [2.75, 3.05) is 6.54 Å². The number of hydrogen-bond donors (Lipinski definition) is 1. The van der Waals surface area contributed by atoms with Crippen molar-refractivity contribution in [2.45, 2.75) is 77.4 Å². The van der Waals surface area contributed by atoms with Crippen molar-refractivity contribution in [3.05, 3.63) is 39.8 Å². The molecule has 2 aromatic rings. The number of aromatic nitrogens is 2. The second kappa shape index (κ2) is 10.2. The van der Waals surface area contributed by atoms with Gasteiger partial charge in [-0.05, 0) is 38.0 Å². The summed E-state index contributed by atoms with van der Waals surface area (Å²) >= 11 is 12.8. The Morgan fingerprint density at radius 2 is 2.03 bits per heavy atom. The number of carbonyl (C=O) groups is 1. The molecule has 2 aliphatic carbocycles. The molecule has 1 saturated heterocycles. The van der Waals surface area contributed by atoms with Crippen LogP contribution in [-0.4, -0.2) is 28.9 Å². The van der Waals surface area contributed by atoms with Crippen LogP contribution in [0.1, 0.15) is 82.5 Å². The van der Waals surface area contributed by atoms with E-state index in [0.717, 1.165) is 69.2 Å². The Labute approximate surface area is 216 Å². The summed E-state index contributed by atoms with van der Waals surface area (Å²) in [5.74, 6) is 1.60. The van der Waals surface area contributed by atoms with Gasteiger partial charge in [0, 0.05) is 41.4 Å². The number of rotatable bonds is 10. The third-order valence-electron chi connectivity index (χ3n) is 7.74. The largest absolute Gasteiger partial charge is 0.446 e. The van der Waals surface area contributed by atoms with Crippen LogP contribution in [0.25, 0.3) is 17.3 Å². The van der Waals surface area contributed by atoms with Gasteiger partial charge in [0.1, 0.15) is 11.5 Å². The number of allylic oxidation sites excluding steroid dienone is 1. The van der Waals surface area contributed by atoms with Gasteiger partial charge >= 0.3 is 5.97 Å². The summed E-state index contributed by atoms with van der Waals surface area (Å²) in [7, 11) is 0. The van der Waals surface area contributed by atoms with Crippen LogP contribution in [-0.2, 0) is 9.53 Å². The van der Waals surface area contributed by atoms with Crippen molar-refractivity contribution in [3.63, 3.8) is 0 Å². The Morgan fingerprint density at radius 3 is 2.66 bits per heavy atom. The molecule has 35 heavy (non-hydrogen) atoms. The quantitative estimate of drug-likeness (QED) is 0.269. The third kappa shape index (κ3) is 5.03. The maximum Gasteiger partial charge on any atom is 0.310 e. The Bertz CT molecular complexity index is 1080. The number of unbranched alkanes of at least 4 members (excludes halogenated alkanes) is 2. The lowest BCUT2D eigenvalue weighted by atomic mass is 9.57. The van der Waals surface area contributed by atoms with Crippen molar-refractivity contribution in [2.24, 2.45) is 17.3 Å². The highest BCUT2D eigenvalue weighted by Gasteiger charge is 2.56. The van der Waals surface area contributed by atoms with Crippen LogP contribution in [0.5, 0.6) is 0 Å². The van der Waals surface area contributed by atoms with Gasteiger partial charge in [0.05, 0.1) is 16.0 Å². The molecule has 2 unspecified atom stereocenters. The van der Waals surface area contributed by atoms with Gasteiger partial charge in [0.15, 0.2) is 6.23 Å². The first-order valence-electron chi connectivity index (χ1n) is 12.8. The summed E-state index contributed by atoms with van der Waals surface area (Å²) in [4.78, 5) is 16.6. The predicted molar refractivity (Wildman–Crippen MR) is 137 cm³/mol. The van der Waals surface area contributed by atoms with E-state index in [0.29, 0.717) is 33.1 Å².